The SMILES string of the molecule is CN1C(=O)[C@@H](N[C]=O)c2ccccc2-c2ccccc21. The highest BCUT2D eigenvalue weighted by molar-refractivity contribution is 6.05. The summed E-state index contributed by atoms with van der Waals surface area (Å²) in [6, 6.07) is 14.6. The summed E-state index contributed by atoms with van der Waals surface area (Å²) in [5.41, 5.74) is 3.56. The highest BCUT2D eigenvalue weighted by atomic mass is 16.2. The van der Waals surface area contributed by atoms with Crippen molar-refractivity contribution in [1.82, 2.24) is 5.32 Å². The van der Waals surface area contributed by atoms with Gasteiger partial charge in [-0.2, -0.15) is 0 Å². The van der Waals surface area contributed by atoms with E-state index in [0.29, 0.717) is 0 Å². The van der Waals surface area contributed by atoms with Gasteiger partial charge in [-0.3, -0.25) is 9.59 Å². The molecule has 99 valence electrons. The fourth-order valence-electron chi connectivity index (χ4n) is 2.63. The molecule has 0 bridgehead atoms. The first-order chi connectivity index (χ1) is 9.74. The van der Waals surface area contributed by atoms with E-state index in [2.05, 4.69) is 5.32 Å². The minimum Gasteiger partial charge on any atom is -0.332 e. The molecule has 2 amide bonds. The van der Waals surface area contributed by atoms with Crippen molar-refractivity contribution >= 4 is 18.0 Å². The second-order valence-corrected chi connectivity index (χ2v) is 4.68. The Morgan fingerprint density at radius 2 is 1.70 bits per heavy atom. The quantitative estimate of drug-likeness (QED) is 0.845. The van der Waals surface area contributed by atoms with E-state index in [9.17, 15) is 9.59 Å². The lowest BCUT2D eigenvalue weighted by atomic mass is 9.95. The second kappa shape index (κ2) is 4.81. The fourth-order valence-corrected chi connectivity index (χ4v) is 2.63. The Kier molecular flexibility index (Phi) is 2.99. The molecule has 0 saturated heterocycles. The lowest BCUT2D eigenvalue weighted by molar-refractivity contribution is -0.120. The van der Waals surface area contributed by atoms with Crippen LogP contribution < -0.4 is 10.2 Å². The lowest BCUT2D eigenvalue weighted by Crippen LogP contribution is -2.37. The number of fused-ring (bicyclic) bond motifs is 3. The Hall–Kier alpha value is -2.62. The van der Waals surface area contributed by atoms with E-state index in [1.54, 1.807) is 18.4 Å². The third-order valence-corrected chi connectivity index (χ3v) is 3.61. The predicted molar refractivity (Wildman–Crippen MR) is 76.9 cm³/mol. The van der Waals surface area contributed by atoms with E-state index < -0.39 is 6.04 Å². The predicted octanol–water partition coefficient (Wildman–Crippen LogP) is 2.03. The van der Waals surface area contributed by atoms with Crippen molar-refractivity contribution in [3.8, 4) is 11.1 Å². The Morgan fingerprint density at radius 1 is 1.05 bits per heavy atom. The van der Waals surface area contributed by atoms with Crippen LogP contribution >= 0.6 is 0 Å². The lowest BCUT2D eigenvalue weighted by Gasteiger charge is -2.21. The zero-order chi connectivity index (χ0) is 14.1. The van der Waals surface area contributed by atoms with Crippen LogP contribution in [-0.2, 0) is 9.59 Å². The topological polar surface area (TPSA) is 49.4 Å². The highest BCUT2D eigenvalue weighted by Crippen LogP contribution is 2.39. The largest absolute Gasteiger partial charge is 0.332 e. The summed E-state index contributed by atoms with van der Waals surface area (Å²) in [5.74, 6) is -0.175. The summed E-state index contributed by atoms with van der Waals surface area (Å²) in [6.07, 6.45) is 1.64. The maximum Gasteiger partial charge on any atom is 0.310 e. The van der Waals surface area contributed by atoms with Crippen LogP contribution in [0, 0.1) is 0 Å². The highest BCUT2D eigenvalue weighted by Gasteiger charge is 2.31. The van der Waals surface area contributed by atoms with E-state index in [0.717, 1.165) is 22.4 Å². The molecule has 1 aliphatic heterocycles. The van der Waals surface area contributed by atoms with Gasteiger partial charge in [-0.1, -0.05) is 42.5 Å². The first-order valence-corrected chi connectivity index (χ1v) is 6.32. The molecule has 20 heavy (non-hydrogen) atoms. The molecule has 3 rings (SSSR count). The van der Waals surface area contributed by atoms with Gasteiger partial charge in [-0.15, -0.1) is 0 Å². The Bertz CT molecular complexity index is 682. The van der Waals surface area contributed by atoms with Crippen molar-refractivity contribution in [2.75, 3.05) is 11.9 Å². The number of nitrogens with one attached hydrogen (secondary N) is 1. The number of anilines is 1. The fraction of sp³-hybridized carbons (Fsp3) is 0.125. The van der Waals surface area contributed by atoms with Crippen molar-refractivity contribution in [2.24, 2.45) is 0 Å². The van der Waals surface area contributed by atoms with Crippen LogP contribution in [0.2, 0.25) is 0 Å². The molecule has 1 aliphatic rings. The number of para-hydroxylation sites is 1. The van der Waals surface area contributed by atoms with Crippen LogP contribution in [0.3, 0.4) is 0 Å². The van der Waals surface area contributed by atoms with Gasteiger partial charge < -0.3 is 10.2 Å². The van der Waals surface area contributed by atoms with Crippen LogP contribution in [-0.4, -0.2) is 19.4 Å². The monoisotopic (exact) mass is 265 g/mol. The molecule has 1 N–H and O–H groups in total. The number of benzene rings is 2. The molecule has 1 radical (unpaired) electrons. The van der Waals surface area contributed by atoms with Gasteiger partial charge >= 0.3 is 6.41 Å². The molecule has 2 aromatic rings. The number of hydrogen-bond acceptors (Lipinski definition) is 2. The minimum atomic E-state index is -0.707. The molecule has 4 heteroatoms. The van der Waals surface area contributed by atoms with Gasteiger partial charge in [-0.05, 0) is 17.2 Å². The minimum absolute atomic E-state index is 0.175. The normalized spacial score (nSPS) is 16.9. The van der Waals surface area contributed by atoms with Gasteiger partial charge in [-0.25, -0.2) is 0 Å². The first-order valence-electron chi connectivity index (χ1n) is 6.32. The van der Waals surface area contributed by atoms with E-state index in [-0.39, 0.29) is 5.91 Å². The number of carbonyl (C=O) groups is 1. The van der Waals surface area contributed by atoms with Gasteiger partial charge in [0.1, 0.15) is 6.04 Å². The van der Waals surface area contributed by atoms with E-state index in [1.807, 2.05) is 48.5 Å². The number of nitrogens with zero attached hydrogens (tertiary/aromatic N) is 1. The molecule has 1 atom stereocenters. The second-order valence-electron chi connectivity index (χ2n) is 4.68. The average molecular weight is 265 g/mol. The van der Waals surface area contributed by atoms with Crippen LogP contribution in [0.1, 0.15) is 11.6 Å². The molecule has 0 aliphatic carbocycles. The summed E-state index contributed by atoms with van der Waals surface area (Å²) in [5, 5.41) is 2.50. The van der Waals surface area contributed by atoms with Gasteiger partial charge in [0.25, 0.3) is 5.91 Å². The first kappa shape index (κ1) is 12.4. The van der Waals surface area contributed by atoms with Crippen LogP contribution in [0.15, 0.2) is 48.5 Å². The molecule has 2 aromatic carbocycles. The Morgan fingerprint density at radius 3 is 2.45 bits per heavy atom. The summed E-state index contributed by atoms with van der Waals surface area (Å²) >= 11 is 0. The van der Waals surface area contributed by atoms with Crippen molar-refractivity contribution < 1.29 is 9.59 Å². The summed E-state index contributed by atoms with van der Waals surface area (Å²) in [4.78, 5) is 24.8. The standard InChI is InChI=1S/C16H13N2O2/c1-18-14-9-5-4-7-12(14)11-6-2-3-8-13(11)15(16(18)20)17-10-19/h2-9,15H,1H3,(H,17,19)/t15-/m0/s1. The van der Waals surface area contributed by atoms with E-state index >= 15 is 0 Å². The third kappa shape index (κ3) is 1.77. The smallest absolute Gasteiger partial charge is 0.310 e. The maximum absolute atomic E-state index is 12.5. The van der Waals surface area contributed by atoms with Gasteiger partial charge in [0.2, 0.25) is 0 Å². The van der Waals surface area contributed by atoms with Crippen molar-refractivity contribution in [2.45, 2.75) is 6.04 Å². The molecule has 0 saturated carbocycles. The van der Waals surface area contributed by atoms with Crippen molar-refractivity contribution in [3.63, 3.8) is 0 Å². The number of carbonyl (C=O) groups excluding carboxylic acids is 2. The molecule has 4 nitrogen and oxygen atoms in total. The van der Waals surface area contributed by atoms with Gasteiger partial charge in [0.05, 0.1) is 5.69 Å². The number of amides is 2. The Labute approximate surface area is 117 Å². The van der Waals surface area contributed by atoms with Crippen molar-refractivity contribution in [3.05, 3.63) is 54.1 Å². The number of likely N-dealkylation sites (N-methyl/N-ethyl adjacent to an activating group) is 1. The molecule has 0 aromatic heterocycles. The maximum atomic E-state index is 12.5. The Balaban J connectivity index is 2.30. The van der Waals surface area contributed by atoms with E-state index in [1.165, 1.54) is 0 Å². The number of rotatable bonds is 2. The van der Waals surface area contributed by atoms with Crippen LogP contribution in [0.4, 0.5) is 5.69 Å². The van der Waals surface area contributed by atoms with Gasteiger partial charge in [0.15, 0.2) is 0 Å². The zero-order valence-electron chi connectivity index (χ0n) is 11.0. The summed E-state index contributed by atoms with van der Waals surface area (Å²) in [7, 11) is 1.71. The molecule has 1 heterocycles. The average Bonchev–Trinajstić information content (AvgIpc) is 2.58. The third-order valence-electron chi connectivity index (χ3n) is 3.61. The molecule has 0 fully saturated rings. The molecule has 0 spiro atoms. The summed E-state index contributed by atoms with van der Waals surface area (Å²) < 4.78 is 0. The number of hydrogen-bond donors (Lipinski definition) is 1. The van der Waals surface area contributed by atoms with Gasteiger partial charge in [0, 0.05) is 12.6 Å². The molecular formula is C16H13N2O2. The molecule has 0 unspecified atom stereocenters. The zero-order valence-corrected chi connectivity index (χ0v) is 11.0. The summed E-state index contributed by atoms with van der Waals surface area (Å²) in [6.45, 7) is 0. The van der Waals surface area contributed by atoms with E-state index in [4.69, 9.17) is 0 Å². The van der Waals surface area contributed by atoms with Crippen LogP contribution in [0.25, 0.3) is 11.1 Å². The molecular weight excluding hydrogens is 252 g/mol. The van der Waals surface area contributed by atoms with Crippen LogP contribution in [0.5, 0.6) is 0 Å². The van der Waals surface area contributed by atoms with Crippen molar-refractivity contribution in [1.29, 1.82) is 0 Å².